The Hall–Kier alpha value is -2.31. The molecule has 0 aliphatic carbocycles. The van der Waals surface area contributed by atoms with Gasteiger partial charge in [-0.2, -0.15) is 0 Å². The monoisotopic (exact) mass is 399 g/mol. The smallest absolute Gasteiger partial charge is 0.341 e. The Morgan fingerprint density at radius 1 is 1.11 bits per heavy atom. The first-order valence-corrected chi connectivity index (χ1v) is 10.5. The maximum atomic E-state index is 12.7. The van der Waals surface area contributed by atoms with Crippen molar-refractivity contribution in [2.45, 2.75) is 30.9 Å². The highest BCUT2D eigenvalue weighted by molar-refractivity contribution is 7.99. The number of hydrogen-bond acceptors (Lipinski definition) is 5. The molecule has 3 aromatic rings. The number of hydrogen-bond donors (Lipinski definition) is 1. The summed E-state index contributed by atoms with van der Waals surface area (Å²) < 4.78 is 6.12. The third-order valence-electron chi connectivity index (χ3n) is 3.79. The lowest BCUT2D eigenvalue weighted by molar-refractivity contribution is 0.0530. The van der Waals surface area contributed by atoms with Gasteiger partial charge in [-0.15, -0.1) is 23.1 Å². The second-order valence-electron chi connectivity index (χ2n) is 6.17. The topological polar surface area (TPSA) is 55.4 Å². The van der Waals surface area contributed by atoms with Gasteiger partial charge in [-0.3, -0.25) is 4.79 Å². The van der Waals surface area contributed by atoms with Crippen LogP contribution in [0, 0.1) is 0 Å². The highest BCUT2D eigenvalue weighted by Gasteiger charge is 2.21. The molecular formula is C21H21NO3S2. The number of esters is 1. The van der Waals surface area contributed by atoms with Gasteiger partial charge in [0.15, 0.2) is 0 Å². The first-order chi connectivity index (χ1) is 13.0. The molecule has 0 fully saturated rings. The fourth-order valence-electron chi connectivity index (χ4n) is 2.67. The van der Waals surface area contributed by atoms with Crippen LogP contribution in [-0.2, 0) is 4.74 Å². The summed E-state index contributed by atoms with van der Waals surface area (Å²) in [6.07, 6.45) is 0. The Kier molecular flexibility index (Phi) is 6.19. The Bertz CT molecular complexity index is 961. The molecule has 0 spiro atoms. The van der Waals surface area contributed by atoms with Crippen molar-refractivity contribution in [1.29, 1.82) is 0 Å². The van der Waals surface area contributed by atoms with Crippen molar-refractivity contribution >= 4 is 50.1 Å². The van der Waals surface area contributed by atoms with Crippen molar-refractivity contribution < 1.29 is 14.3 Å². The average Bonchev–Trinajstić information content (AvgIpc) is 2.99. The summed E-state index contributed by atoms with van der Waals surface area (Å²) in [7, 11) is 0. The summed E-state index contributed by atoms with van der Waals surface area (Å²) in [6, 6.07) is 15.1. The summed E-state index contributed by atoms with van der Waals surface area (Å²) in [5, 5.41) is 4.68. The largest absolute Gasteiger partial charge is 0.462 e. The van der Waals surface area contributed by atoms with E-state index in [9.17, 15) is 9.59 Å². The molecule has 1 aromatic heterocycles. The summed E-state index contributed by atoms with van der Waals surface area (Å²) in [6.45, 7) is 6.31. The van der Waals surface area contributed by atoms with Crippen molar-refractivity contribution in [3.8, 4) is 0 Å². The Balaban J connectivity index is 1.88. The Labute approximate surface area is 166 Å². The second kappa shape index (κ2) is 8.59. The minimum Gasteiger partial charge on any atom is -0.462 e. The van der Waals surface area contributed by atoms with Gasteiger partial charge >= 0.3 is 5.97 Å². The highest BCUT2D eigenvalue weighted by Crippen LogP contribution is 2.36. The van der Waals surface area contributed by atoms with E-state index in [1.165, 1.54) is 11.3 Å². The molecule has 1 N–H and O–H groups in total. The minimum absolute atomic E-state index is 0.242. The van der Waals surface area contributed by atoms with E-state index >= 15 is 0 Å². The summed E-state index contributed by atoms with van der Waals surface area (Å²) in [5.74, 6) is -0.665. The van der Waals surface area contributed by atoms with Crippen molar-refractivity contribution in [2.75, 3.05) is 11.9 Å². The number of benzene rings is 2. The fraction of sp³-hybridized carbons (Fsp3) is 0.238. The van der Waals surface area contributed by atoms with Gasteiger partial charge in [0.1, 0.15) is 10.6 Å². The standard InChI is InChI=1S/C21H21NO3S2/c1-4-25-21(24)18-16-7-5-6-8-17(16)27-20(18)22-19(23)14-9-11-15(12-10-14)26-13(2)3/h5-13H,4H2,1-3H3,(H,22,23). The molecule has 0 aliphatic heterocycles. The van der Waals surface area contributed by atoms with Crippen LogP contribution in [0.25, 0.3) is 10.1 Å². The molecule has 0 bridgehead atoms. The SMILES string of the molecule is CCOC(=O)c1c(NC(=O)c2ccc(SC(C)C)cc2)sc2ccccc12. The van der Waals surface area contributed by atoms with E-state index < -0.39 is 5.97 Å². The summed E-state index contributed by atoms with van der Waals surface area (Å²) in [5.41, 5.74) is 0.966. The summed E-state index contributed by atoms with van der Waals surface area (Å²) >= 11 is 3.12. The lowest BCUT2D eigenvalue weighted by atomic mass is 10.1. The zero-order chi connectivity index (χ0) is 19.4. The van der Waals surface area contributed by atoms with Crippen LogP contribution in [0.3, 0.4) is 0 Å². The molecular weight excluding hydrogens is 378 g/mol. The van der Waals surface area contributed by atoms with Crippen LogP contribution >= 0.6 is 23.1 Å². The average molecular weight is 400 g/mol. The van der Waals surface area contributed by atoms with Gasteiger partial charge in [0, 0.05) is 25.8 Å². The third kappa shape index (κ3) is 4.51. The highest BCUT2D eigenvalue weighted by atomic mass is 32.2. The lowest BCUT2D eigenvalue weighted by Crippen LogP contribution is -2.14. The van der Waals surface area contributed by atoms with E-state index in [-0.39, 0.29) is 12.5 Å². The molecule has 0 saturated heterocycles. The molecule has 6 heteroatoms. The number of thiophene rings is 1. The van der Waals surface area contributed by atoms with Crippen molar-refractivity contribution in [3.05, 3.63) is 59.7 Å². The van der Waals surface area contributed by atoms with Crippen LogP contribution in [0.5, 0.6) is 0 Å². The molecule has 0 radical (unpaired) electrons. The first kappa shape index (κ1) is 19.5. The molecule has 0 atom stereocenters. The van der Waals surface area contributed by atoms with Gasteiger partial charge in [0.2, 0.25) is 0 Å². The van der Waals surface area contributed by atoms with E-state index in [0.717, 1.165) is 15.0 Å². The number of amides is 1. The van der Waals surface area contributed by atoms with Crippen LogP contribution in [0.1, 0.15) is 41.5 Å². The molecule has 0 aliphatic rings. The van der Waals surface area contributed by atoms with Gasteiger partial charge in [0.25, 0.3) is 5.91 Å². The summed E-state index contributed by atoms with van der Waals surface area (Å²) in [4.78, 5) is 26.3. The van der Waals surface area contributed by atoms with E-state index in [4.69, 9.17) is 4.74 Å². The number of rotatable bonds is 6. The maximum absolute atomic E-state index is 12.7. The first-order valence-electron chi connectivity index (χ1n) is 8.76. The van der Waals surface area contributed by atoms with Gasteiger partial charge in [-0.25, -0.2) is 4.79 Å². The third-order valence-corrected chi connectivity index (χ3v) is 5.89. The van der Waals surface area contributed by atoms with Gasteiger partial charge < -0.3 is 10.1 Å². The van der Waals surface area contributed by atoms with E-state index in [0.29, 0.717) is 21.4 Å². The number of ether oxygens (including phenoxy) is 1. The number of carbonyl (C=O) groups excluding carboxylic acids is 2. The van der Waals surface area contributed by atoms with Gasteiger partial charge in [-0.05, 0) is 37.3 Å². The molecule has 0 unspecified atom stereocenters. The maximum Gasteiger partial charge on any atom is 0.341 e. The zero-order valence-corrected chi connectivity index (χ0v) is 17.1. The number of anilines is 1. The van der Waals surface area contributed by atoms with Crippen LogP contribution in [0.2, 0.25) is 0 Å². The lowest BCUT2D eigenvalue weighted by Gasteiger charge is -2.08. The Morgan fingerprint density at radius 3 is 2.48 bits per heavy atom. The van der Waals surface area contributed by atoms with Crippen LogP contribution < -0.4 is 5.32 Å². The quantitative estimate of drug-likeness (QED) is 0.418. The number of carbonyl (C=O) groups is 2. The van der Waals surface area contributed by atoms with Crippen LogP contribution in [0.15, 0.2) is 53.4 Å². The Morgan fingerprint density at radius 2 is 1.81 bits per heavy atom. The molecule has 140 valence electrons. The van der Waals surface area contributed by atoms with Crippen molar-refractivity contribution in [1.82, 2.24) is 0 Å². The molecule has 1 heterocycles. The van der Waals surface area contributed by atoms with E-state index in [1.54, 1.807) is 30.8 Å². The van der Waals surface area contributed by atoms with E-state index in [1.807, 2.05) is 36.4 Å². The van der Waals surface area contributed by atoms with Crippen molar-refractivity contribution in [2.24, 2.45) is 0 Å². The van der Waals surface area contributed by atoms with Crippen LogP contribution in [0.4, 0.5) is 5.00 Å². The molecule has 27 heavy (non-hydrogen) atoms. The second-order valence-corrected chi connectivity index (χ2v) is 8.87. The van der Waals surface area contributed by atoms with E-state index in [2.05, 4.69) is 19.2 Å². The molecule has 4 nitrogen and oxygen atoms in total. The molecule has 3 rings (SSSR count). The number of fused-ring (bicyclic) bond motifs is 1. The zero-order valence-electron chi connectivity index (χ0n) is 15.4. The molecule has 1 amide bonds. The molecule has 0 saturated carbocycles. The predicted molar refractivity (Wildman–Crippen MR) is 113 cm³/mol. The number of nitrogens with one attached hydrogen (secondary N) is 1. The predicted octanol–water partition coefficient (Wildman–Crippen LogP) is 5.83. The number of thioether (sulfide) groups is 1. The fourth-order valence-corrected chi connectivity index (χ4v) is 4.59. The van der Waals surface area contributed by atoms with Crippen molar-refractivity contribution in [3.63, 3.8) is 0 Å². The van der Waals surface area contributed by atoms with Crippen LogP contribution in [-0.4, -0.2) is 23.7 Å². The molecule has 2 aromatic carbocycles. The normalized spacial score (nSPS) is 11.0. The van der Waals surface area contributed by atoms with Gasteiger partial charge in [-0.1, -0.05) is 32.0 Å². The minimum atomic E-state index is -0.422. The van der Waals surface area contributed by atoms with Gasteiger partial charge in [0.05, 0.1) is 6.61 Å².